The normalized spacial score (nSPS) is 9.86. The quantitative estimate of drug-likeness (QED) is 0.275. The summed E-state index contributed by atoms with van der Waals surface area (Å²) in [7, 11) is 1.65. The van der Waals surface area contributed by atoms with Gasteiger partial charge in [0.15, 0.2) is 0 Å². The number of nitrogens with zero attached hydrogens (tertiary/aromatic N) is 1. The highest BCUT2D eigenvalue weighted by atomic mass is 79.9. The molecule has 0 bridgehead atoms. The fourth-order valence-electron chi connectivity index (χ4n) is 2.84. The lowest BCUT2D eigenvalue weighted by molar-refractivity contribution is -0.658. The van der Waals surface area contributed by atoms with Crippen molar-refractivity contribution < 1.29 is 31.1 Å². The molecular formula is C21H23BrN4O2S. The van der Waals surface area contributed by atoms with Crippen LogP contribution in [0, 0.1) is 6.92 Å². The van der Waals surface area contributed by atoms with Crippen molar-refractivity contribution in [1.29, 1.82) is 0 Å². The Kier molecular flexibility index (Phi) is 8.23. The summed E-state index contributed by atoms with van der Waals surface area (Å²) in [5.74, 6) is 0.810. The molecule has 0 aliphatic carbocycles. The molecule has 0 spiro atoms. The largest absolute Gasteiger partial charge is 1.00 e. The number of aromatic nitrogens is 1. The van der Waals surface area contributed by atoms with Gasteiger partial charge in [-0.25, -0.2) is 9.36 Å². The van der Waals surface area contributed by atoms with Crippen LogP contribution in [0.15, 0.2) is 67.3 Å². The number of aryl methyl sites for hydroxylation is 1. The van der Waals surface area contributed by atoms with Crippen molar-refractivity contribution >= 4 is 28.2 Å². The number of carbonyl (C=O) groups excluding carboxylic acids is 1. The first-order chi connectivity index (χ1) is 13.6. The summed E-state index contributed by atoms with van der Waals surface area (Å²) in [5, 5.41) is 3.59. The van der Waals surface area contributed by atoms with E-state index < -0.39 is 0 Å². The highest BCUT2D eigenvalue weighted by Gasteiger charge is 2.23. The Bertz CT molecular complexity index is 959. The van der Waals surface area contributed by atoms with Gasteiger partial charge in [0.2, 0.25) is 0 Å². The molecule has 0 saturated heterocycles. The Balaban J connectivity index is 0.00000300. The molecule has 1 aromatic heterocycles. The number of amides is 2. The van der Waals surface area contributed by atoms with E-state index in [0.29, 0.717) is 6.54 Å². The third-order valence-corrected chi connectivity index (χ3v) is 5.10. The molecule has 152 valence electrons. The molecule has 0 radical (unpaired) electrons. The molecule has 29 heavy (non-hydrogen) atoms. The predicted molar refractivity (Wildman–Crippen MR) is 114 cm³/mol. The highest BCUT2D eigenvalue weighted by Crippen LogP contribution is 2.29. The first kappa shape index (κ1) is 22.4. The van der Waals surface area contributed by atoms with E-state index in [2.05, 4.69) is 34.2 Å². The molecule has 0 saturated carbocycles. The number of para-hydroxylation sites is 1. The van der Waals surface area contributed by atoms with Crippen LogP contribution in [0.25, 0.3) is 11.3 Å². The number of urea groups is 1. The minimum Gasteiger partial charge on any atom is -1.00 e. The van der Waals surface area contributed by atoms with Crippen molar-refractivity contribution in [1.82, 2.24) is 5.43 Å². The third-order valence-electron chi connectivity index (χ3n) is 4.09. The van der Waals surface area contributed by atoms with Gasteiger partial charge in [0.05, 0.1) is 12.0 Å². The van der Waals surface area contributed by atoms with Gasteiger partial charge in [0, 0.05) is 11.3 Å². The predicted octanol–water partition coefficient (Wildman–Crippen LogP) is 1.36. The van der Waals surface area contributed by atoms with Crippen LogP contribution in [0.5, 0.6) is 5.75 Å². The van der Waals surface area contributed by atoms with Gasteiger partial charge in [0.25, 0.3) is 0 Å². The Morgan fingerprint density at radius 1 is 1.17 bits per heavy atom. The number of methoxy groups -OCH3 is 1. The van der Waals surface area contributed by atoms with Crippen LogP contribution in [-0.4, -0.2) is 13.1 Å². The number of hydrazine groups is 1. The van der Waals surface area contributed by atoms with Gasteiger partial charge in [-0.3, -0.25) is 0 Å². The molecular weight excluding hydrogens is 452 g/mol. The van der Waals surface area contributed by atoms with Crippen molar-refractivity contribution in [2.75, 3.05) is 17.9 Å². The van der Waals surface area contributed by atoms with E-state index in [0.717, 1.165) is 32.7 Å². The van der Waals surface area contributed by atoms with E-state index in [9.17, 15) is 4.79 Å². The summed E-state index contributed by atoms with van der Waals surface area (Å²) in [5.41, 5.74) is 8.57. The van der Waals surface area contributed by atoms with Gasteiger partial charge >= 0.3 is 11.2 Å². The van der Waals surface area contributed by atoms with Crippen LogP contribution in [0.1, 0.15) is 4.88 Å². The lowest BCUT2D eigenvalue weighted by Gasteiger charge is -2.07. The van der Waals surface area contributed by atoms with E-state index >= 15 is 0 Å². The van der Waals surface area contributed by atoms with Crippen molar-refractivity contribution in [2.45, 2.75) is 13.5 Å². The standard InChI is InChI=1S/C21H22N4O2S.BrH/c1-4-14-25-19(16-10-12-18(27-3)13-11-16)15(2)28-21(25)24-23-20(26)22-17-8-6-5-7-9-17;/h4-13H,1,14H2,2-3H3,(H2,22,23,26);1H. The fourth-order valence-corrected chi connectivity index (χ4v) is 3.83. The van der Waals surface area contributed by atoms with Crippen LogP contribution >= 0.6 is 11.3 Å². The van der Waals surface area contributed by atoms with E-state index in [1.807, 2.05) is 60.7 Å². The van der Waals surface area contributed by atoms with Gasteiger partial charge in [0.1, 0.15) is 18.0 Å². The van der Waals surface area contributed by atoms with E-state index in [4.69, 9.17) is 4.74 Å². The molecule has 1 heterocycles. The van der Waals surface area contributed by atoms with Crippen LogP contribution in [0.2, 0.25) is 0 Å². The maximum atomic E-state index is 12.2. The maximum absolute atomic E-state index is 12.2. The summed E-state index contributed by atoms with van der Waals surface area (Å²) in [6.45, 7) is 6.52. The summed E-state index contributed by atoms with van der Waals surface area (Å²) in [6.07, 6.45) is 1.83. The van der Waals surface area contributed by atoms with Crippen LogP contribution in [0.4, 0.5) is 15.6 Å². The minimum absolute atomic E-state index is 0. The molecule has 2 amide bonds. The molecule has 3 aromatic rings. The van der Waals surface area contributed by atoms with Crippen LogP contribution in [-0.2, 0) is 6.54 Å². The number of halogens is 1. The summed E-state index contributed by atoms with van der Waals surface area (Å²) in [6, 6.07) is 16.9. The average Bonchev–Trinajstić information content (AvgIpc) is 3.02. The number of ether oxygens (including phenoxy) is 1. The number of hydrogen-bond donors (Lipinski definition) is 3. The fraction of sp³-hybridized carbons (Fsp3) is 0.143. The summed E-state index contributed by atoms with van der Waals surface area (Å²) >= 11 is 1.56. The van der Waals surface area contributed by atoms with Crippen molar-refractivity contribution in [3.05, 3.63) is 72.1 Å². The molecule has 2 aromatic carbocycles. The molecule has 0 aliphatic rings. The molecule has 0 fully saturated rings. The lowest BCUT2D eigenvalue weighted by Crippen LogP contribution is -3.00. The van der Waals surface area contributed by atoms with Gasteiger partial charge in [-0.1, -0.05) is 30.9 Å². The average molecular weight is 475 g/mol. The van der Waals surface area contributed by atoms with Crippen LogP contribution in [0.3, 0.4) is 0 Å². The van der Waals surface area contributed by atoms with Gasteiger partial charge in [-0.15, -0.1) is 0 Å². The summed E-state index contributed by atoms with van der Waals surface area (Å²) in [4.78, 5) is 13.3. The van der Waals surface area contributed by atoms with E-state index in [-0.39, 0.29) is 23.0 Å². The molecule has 0 atom stereocenters. The monoisotopic (exact) mass is 474 g/mol. The molecule has 8 heteroatoms. The second-order valence-corrected chi connectivity index (χ2v) is 7.21. The Morgan fingerprint density at radius 3 is 2.48 bits per heavy atom. The minimum atomic E-state index is -0.339. The SMILES string of the molecule is C=CC[n+]1c(NNC(=O)Nc2ccccc2)sc(C)c1-c1ccc(OC)cc1.[Br-]. The number of allylic oxidation sites excluding steroid dienone is 1. The second kappa shape index (κ2) is 10.6. The van der Waals surface area contributed by atoms with Gasteiger partial charge in [-0.2, -0.15) is 10.9 Å². The van der Waals surface area contributed by atoms with Crippen molar-refractivity contribution in [3.63, 3.8) is 0 Å². The zero-order valence-corrected chi connectivity index (χ0v) is 18.6. The first-order valence-corrected chi connectivity index (χ1v) is 9.60. The number of benzene rings is 2. The highest BCUT2D eigenvalue weighted by molar-refractivity contribution is 7.15. The Labute approximate surface area is 185 Å². The number of hydrogen-bond acceptors (Lipinski definition) is 4. The molecule has 0 unspecified atom stereocenters. The van der Waals surface area contributed by atoms with Crippen molar-refractivity contribution in [3.8, 4) is 17.0 Å². The number of rotatable bonds is 7. The number of carbonyl (C=O) groups is 1. The second-order valence-electron chi connectivity index (χ2n) is 6.01. The number of anilines is 2. The van der Waals surface area contributed by atoms with E-state index in [1.165, 1.54) is 0 Å². The zero-order valence-electron chi connectivity index (χ0n) is 16.2. The molecule has 3 N–H and O–H groups in total. The van der Waals surface area contributed by atoms with Crippen LogP contribution < -0.4 is 42.5 Å². The lowest BCUT2D eigenvalue weighted by atomic mass is 10.1. The molecule has 3 rings (SSSR count). The van der Waals surface area contributed by atoms with Crippen molar-refractivity contribution in [2.24, 2.45) is 0 Å². The first-order valence-electron chi connectivity index (χ1n) is 8.79. The smallest absolute Gasteiger partial charge is 0.358 e. The van der Waals surface area contributed by atoms with Gasteiger partial charge < -0.3 is 27.0 Å². The van der Waals surface area contributed by atoms with E-state index in [1.54, 1.807) is 18.4 Å². The Hall–Kier alpha value is -2.84. The number of thiazole rings is 1. The number of nitrogens with one attached hydrogen (secondary N) is 3. The Morgan fingerprint density at radius 2 is 1.86 bits per heavy atom. The van der Waals surface area contributed by atoms with Gasteiger partial charge in [-0.05, 0) is 54.7 Å². The topological polar surface area (TPSA) is 66.3 Å². The third kappa shape index (κ3) is 5.58. The molecule has 6 nitrogen and oxygen atoms in total. The molecule has 0 aliphatic heterocycles. The maximum Gasteiger partial charge on any atom is 0.358 e. The zero-order chi connectivity index (χ0) is 19.9. The summed E-state index contributed by atoms with van der Waals surface area (Å²) < 4.78 is 7.33.